The number of rotatable bonds is 8. The molecular weight excluding hydrogens is 324 g/mol. The molecule has 0 aliphatic rings. The summed E-state index contributed by atoms with van der Waals surface area (Å²) in [5.41, 5.74) is 0. The van der Waals surface area contributed by atoms with Gasteiger partial charge in [0.1, 0.15) is 0 Å². The molecule has 2 rings (SSSR count). The monoisotopic (exact) mass is 340 g/mol. The second kappa shape index (κ2) is 8.86. The van der Waals surface area contributed by atoms with Crippen LogP contribution >= 0.6 is 34.4 Å². The number of carbonyl (C=O) groups excluding carboxylic acids is 2. The van der Waals surface area contributed by atoms with E-state index in [0.29, 0.717) is 11.4 Å². The van der Waals surface area contributed by atoms with E-state index in [1.54, 1.807) is 29.2 Å². The third-order valence-corrected chi connectivity index (χ3v) is 5.48. The fourth-order valence-corrected chi connectivity index (χ4v) is 3.89. The second-order valence-corrected chi connectivity index (χ2v) is 7.23. The van der Waals surface area contributed by atoms with Crippen molar-refractivity contribution in [1.82, 2.24) is 10.6 Å². The van der Waals surface area contributed by atoms with E-state index in [-0.39, 0.29) is 18.4 Å². The van der Waals surface area contributed by atoms with Crippen molar-refractivity contribution in [2.75, 3.05) is 18.8 Å². The molecule has 2 N–H and O–H groups in total. The van der Waals surface area contributed by atoms with Gasteiger partial charge in [-0.3, -0.25) is 9.59 Å². The lowest BCUT2D eigenvalue weighted by Gasteiger charge is -2.06. The quantitative estimate of drug-likeness (QED) is 0.726. The summed E-state index contributed by atoms with van der Waals surface area (Å²) in [5, 5.41) is 9.29. The summed E-state index contributed by atoms with van der Waals surface area (Å²) >= 11 is 4.89. The van der Waals surface area contributed by atoms with Crippen LogP contribution in [0.5, 0.6) is 0 Å². The third-order valence-electron chi connectivity index (χ3n) is 2.55. The zero-order chi connectivity index (χ0) is 14.9. The van der Waals surface area contributed by atoms with Gasteiger partial charge in [-0.05, 0) is 22.9 Å². The smallest absolute Gasteiger partial charge is 0.261 e. The minimum absolute atomic E-state index is 0.0202. The van der Waals surface area contributed by atoms with Gasteiger partial charge in [-0.2, -0.15) is 11.8 Å². The molecule has 7 heteroatoms. The molecule has 0 saturated carbocycles. The highest BCUT2D eigenvalue weighted by molar-refractivity contribution is 7.98. The van der Waals surface area contributed by atoms with Crippen LogP contribution in [0, 0.1) is 0 Å². The number of amides is 2. The van der Waals surface area contributed by atoms with E-state index >= 15 is 0 Å². The molecule has 2 heterocycles. The van der Waals surface area contributed by atoms with Crippen LogP contribution in [0.1, 0.15) is 14.5 Å². The Balaban J connectivity index is 1.52. The van der Waals surface area contributed by atoms with Crippen LogP contribution in [0.25, 0.3) is 0 Å². The van der Waals surface area contributed by atoms with E-state index in [1.165, 1.54) is 16.2 Å². The predicted molar refractivity (Wildman–Crippen MR) is 90.1 cm³/mol. The van der Waals surface area contributed by atoms with E-state index in [4.69, 9.17) is 0 Å². The molecule has 21 heavy (non-hydrogen) atoms. The Kier molecular flexibility index (Phi) is 6.78. The van der Waals surface area contributed by atoms with Crippen molar-refractivity contribution in [3.63, 3.8) is 0 Å². The zero-order valence-electron chi connectivity index (χ0n) is 11.3. The highest BCUT2D eigenvalue weighted by atomic mass is 32.2. The Morgan fingerprint density at radius 2 is 1.90 bits per heavy atom. The van der Waals surface area contributed by atoms with Crippen LogP contribution in [-0.2, 0) is 10.5 Å². The number of carbonyl (C=O) groups is 2. The van der Waals surface area contributed by atoms with E-state index in [9.17, 15) is 9.59 Å². The minimum Gasteiger partial charge on any atom is -0.354 e. The topological polar surface area (TPSA) is 58.2 Å². The van der Waals surface area contributed by atoms with Crippen molar-refractivity contribution in [2.24, 2.45) is 0 Å². The Bertz CT molecular complexity index is 553. The molecule has 0 radical (unpaired) electrons. The number of thiophene rings is 2. The van der Waals surface area contributed by atoms with Crippen LogP contribution in [0.2, 0.25) is 0 Å². The van der Waals surface area contributed by atoms with Crippen LogP contribution in [0.15, 0.2) is 35.0 Å². The first-order chi connectivity index (χ1) is 10.3. The van der Waals surface area contributed by atoms with Crippen molar-refractivity contribution < 1.29 is 9.59 Å². The van der Waals surface area contributed by atoms with Gasteiger partial charge in [0, 0.05) is 22.9 Å². The van der Waals surface area contributed by atoms with Crippen LogP contribution in [0.4, 0.5) is 0 Å². The first-order valence-electron chi connectivity index (χ1n) is 6.44. The van der Waals surface area contributed by atoms with Gasteiger partial charge < -0.3 is 10.6 Å². The van der Waals surface area contributed by atoms with Crippen LogP contribution in [0.3, 0.4) is 0 Å². The Morgan fingerprint density at radius 1 is 1.10 bits per heavy atom. The predicted octanol–water partition coefficient (Wildman–Crippen LogP) is 2.59. The van der Waals surface area contributed by atoms with E-state index in [0.717, 1.165) is 11.5 Å². The van der Waals surface area contributed by atoms with Gasteiger partial charge in [0.15, 0.2) is 0 Å². The van der Waals surface area contributed by atoms with Crippen LogP contribution in [-0.4, -0.2) is 30.7 Å². The maximum Gasteiger partial charge on any atom is 0.261 e. The molecule has 0 fully saturated rings. The van der Waals surface area contributed by atoms with Crippen molar-refractivity contribution in [3.05, 3.63) is 44.8 Å². The van der Waals surface area contributed by atoms with Crippen molar-refractivity contribution >= 4 is 46.2 Å². The average Bonchev–Trinajstić information content (AvgIpc) is 3.17. The molecule has 2 amide bonds. The summed E-state index contributed by atoms with van der Waals surface area (Å²) in [7, 11) is 0. The molecule has 4 nitrogen and oxygen atoms in total. The maximum atomic E-state index is 11.6. The summed E-state index contributed by atoms with van der Waals surface area (Å²) in [4.78, 5) is 25.2. The molecule has 112 valence electrons. The standard InChI is InChI=1S/C14H16N2O2S3/c17-13(9-16-14(18)12-4-2-7-21-12)15-5-8-19-10-11-3-1-6-20-11/h1-4,6-7H,5,8-10H2,(H,15,17)(H,16,18). The summed E-state index contributed by atoms with van der Waals surface area (Å²) in [5.74, 6) is 1.48. The fraction of sp³-hybridized carbons (Fsp3) is 0.286. The van der Waals surface area contributed by atoms with E-state index < -0.39 is 0 Å². The highest BCUT2D eigenvalue weighted by Crippen LogP contribution is 2.16. The van der Waals surface area contributed by atoms with E-state index in [1.807, 2.05) is 17.5 Å². The van der Waals surface area contributed by atoms with Gasteiger partial charge in [0.05, 0.1) is 11.4 Å². The summed E-state index contributed by atoms with van der Waals surface area (Å²) in [6, 6.07) is 7.69. The SMILES string of the molecule is O=C(CNC(=O)c1cccs1)NCCSCc1cccs1. The molecular formula is C14H16N2O2S3. The third kappa shape index (κ3) is 5.91. The van der Waals surface area contributed by atoms with Crippen molar-refractivity contribution in [3.8, 4) is 0 Å². The normalized spacial score (nSPS) is 10.3. The fourth-order valence-electron chi connectivity index (χ4n) is 1.55. The number of thioether (sulfide) groups is 1. The Labute approximate surface area is 136 Å². The minimum atomic E-state index is -0.202. The van der Waals surface area contributed by atoms with Crippen LogP contribution < -0.4 is 10.6 Å². The summed E-state index contributed by atoms with van der Waals surface area (Å²) < 4.78 is 0. The molecule has 2 aromatic heterocycles. The zero-order valence-corrected chi connectivity index (χ0v) is 13.8. The largest absolute Gasteiger partial charge is 0.354 e. The van der Waals surface area contributed by atoms with Gasteiger partial charge in [-0.1, -0.05) is 12.1 Å². The molecule has 0 unspecified atom stereocenters. The lowest BCUT2D eigenvalue weighted by molar-refractivity contribution is -0.120. The first kappa shape index (κ1) is 16.1. The second-order valence-electron chi connectivity index (χ2n) is 4.14. The van der Waals surface area contributed by atoms with Gasteiger partial charge >= 0.3 is 0 Å². The Morgan fingerprint density at radius 3 is 2.62 bits per heavy atom. The molecule has 0 saturated heterocycles. The average molecular weight is 340 g/mol. The van der Waals surface area contributed by atoms with Crippen molar-refractivity contribution in [2.45, 2.75) is 5.75 Å². The maximum absolute atomic E-state index is 11.6. The summed E-state index contributed by atoms with van der Waals surface area (Å²) in [6.07, 6.45) is 0. The lowest BCUT2D eigenvalue weighted by atomic mass is 10.4. The highest BCUT2D eigenvalue weighted by Gasteiger charge is 2.08. The first-order valence-corrected chi connectivity index (χ1v) is 9.35. The molecule has 0 atom stereocenters. The molecule has 0 spiro atoms. The van der Waals surface area contributed by atoms with Gasteiger partial charge in [-0.25, -0.2) is 0 Å². The van der Waals surface area contributed by atoms with Gasteiger partial charge in [0.25, 0.3) is 5.91 Å². The molecule has 2 aromatic rings. The molecule has 0 aliphatic carbocycles. The molecule has 0 bridgehead atoms. The van der Waals surface area contributed by atoms with Gasteiger partial charge in [-0.15, -0.1) is 22.7 Å². The number of nitrogens with one attached hydrogen (secondary N) is 2. The molecule has 0 aromatic carbocycles. The van der Waals surface area contributed by atoms with Gasteiger partial charge in [0.2, 0.25) is 5.91 Å². The lowest BCUT2D eigenvalue weighted by Crippen LogP contribution is -2.37. The van der Waals surface area contributed by atoms with E-state index in [2.05, 4.69) is 22.1 Å². The molecule has 0 aliphatic heterocycles. The van der Waals surface area contributed by atoms with Crippen molar-refractivity contribution in [1.29, 1.82) is 0 Å². The number of hydrogen-bond acceptors (Lipinski definition) is 5. The Hall–Kier alpha value is -1.31. The number of hydrogen-bond donors (Lipinski definition) is 2. The summed E-state index contributed by atoms with van der Waals surface area (Å²) in [6.45, 7) is 0.635.